The largest absolute Gasteiger partial charge is 0.479 e. The number of esters is 1. The molecule has 0 aromatic carbocycles. The SMILES string of the molecule is Br.CCOC(=O)CN=C1CC(C)(C)CC2=C1Sc1ncnc(OC)c1N2. The number of carbonyl (C=O) groups is 1. The maximum absolute atomic E-state index is 11.7. The lowest BCUT2D eigenvalue weighted by Crippen LogP contribution is -2.30. The Morgan fingerprint density at radius 1 is 1.38 bits per heavy atom. The molecule has 9 heteroatoms. The van der Waals surface area contributed by atoms with Crippen LogP contribution in [0.2, 0.25) is 0 Å². The summed E-state index contributed by atoms with van der Waals surface area (Å²) in [5.74, 6) is 0.219. The molecule has 0 atom stereocenters. The molecule has 1 aromatic rings. The lowest BCUT2D eigenvalue weighted by Gasteiger charge is -2.36. The Labute approximate surface area is 167 Å². The van der Waals surface area contributed by atoms with Crippen molar-refractivity contribution >= 4 is 46.1 Å². The highest BCUT2D eigenvalue weighted by Gasteiger charge is 2.36. The molecule has 0 bridgehead atoms. The van der Waals surface area contributed by atoms with E-state index in [1.165, 1.54) is 6.33 Å². The third-order valence-corrected chi connectivity index (χ3v) is 5.18. The van der Waals surface area contributed by atoms with E-state index < -0.39 is 0 Å². The Kier molecular flexibility index (Phi) is 6.68. The second-order valence-electron chi connectivity index (χ2n) is 6.68. The predicted molar refractivity (Wildman–Crippen MR) is 107 cm³/mol. The van der Waals surface area contributed by atoms with Gasteiger partial charge in [-0.15, -0.1) is 17.0 Å². The third kappa shape index (κ3) is 4.37. The van der Waals surface area contributed by atoms with Crippen LogP contribution in [0.25, 0.3) is 0 Å². The summed E-state index contributed by atoms with van der Waals surface area (Å²) in [6.07, 6.45) is 3.17. The average Bonchev–Trinajstić information content (AvgIpc) is 2.57. The summed E-state index contributed by atoms with van der Waals surface area (Å²) in [6, 6.07) is 0. The van der Waals surface area contributed by atoms with E-state index >= 15 is 0 Å². The number of aromatic nitrogens is 2. The van der Waals surface area contributed by atoms with Gasteiger partial charge in [-0.1, -0.05) is 25.6 Å². The van der Waals surface area contributed by atoms with Gasteiger partial charge < -0.3 is 14.8 Å². The van der Waals surface area contributed by atoms with Gasteiger partial charge in [0.05, 0.1) is 24.3 Å². The number of hydrogen-bond acceptors (Lipinski definition) is 8. The van der Waals surface area contributed by atoms with E-state index in [1.54, 1.807) is 25.8 Å². The summed E-state index contributed by atoms with van der Waals surface area (Å²) in [6.45, 7) is 6.58. The molecule has 1 aromatic heterocycles. The number of thioether (sulfide) groups is 1. The second-order valence-corrected chi connectivity index (χ2v) is 7.68. The molecule has 142 valence electrons. The number of halogens is 1. The maximum atomic E-state index is 11.7. The molecular formula is C17H23BrN4O3S. The zero-order chi connectivity index (χ0) is 18.0. The first-order valence-corrected chi connectivity index (χ1v) is 9.01. The molecule has 0 radical (unpaired) electrons. The number of hydrogen-bond donors (Lipinski definition) is 1. The summed E-state index contributed by atoms with van der Waals surface area (Å²) in [4.78, 5) is 25.8. The minimum absolute atomic E-state index is 0. The highest BCUT2D eigenvalue weighted by atomic mass is 79.9. The molecule has 0 unspecified atom stereocenters. The summed E-state index contributed by atoms with van der Waals surface area (Å²) in [5, 5.41) is 4.23. The van der Waals surface area contributed by atoms with E-state index in [4.69, 9.17) is 9.47 Å². The fourth-order valence-corrected chi connectivity index (χ4v) is 4.02. The number of rotatable bonds is 4. The van der Waals surface area contributed by atoms with E-state index in [2.05, 4.69) is 34.1 Å². The number of ether oxygens (including phenoxy) is 2. The fourth-order valence-electron chi connectivity index (χ4n) is 2.99. The van der Waals surface area contributed by atoms with Gasteiger partial charge in [0.15, 0.2) is 0 Å². The van der Waals surface area contributed by atoms with Crippen molar-refractivity contribution in [2.45, 2.75) is 38.6 Å². The van der Waals surface area contributed by atoms with E-state index in [0.29, 0.717) is 12.5 Å². The van der Waals surface area contributed by atoms with Gasteiger partial charge in [0.1, 0.15) is 23.6 Å². The normalized spacial score (nSPS) is 19.0. The Morgan fingerprint density at radius 2 is 2.15 bits per heavy atom. The van der Waals surface area contributed by atoms with Crippen molar-refractivity contribution in [2.24, 2.45) is 10.4 Å². The third-order valence-electron chi connectivity index (χ3n) is 3.99. The van der Waals surface area contributed by atoms with E-state index in [-0.39, 0.29) is 34.9 Å². The Morgan fingerprint density at radius 3 is 2.85 bits per heavy atom. The monoisotopic (exact) mass is 442 g/mol. The minimum atomic E-state index is -0.307. The van der Waals surface area contributed by atoms with Gasteiger partial charge in [0.25, 0.3) is 0 Å². The van der Waals surface area contributed by atoms with E-state index in [9.17, 15) is 4.79 Å². The summed E-state index contributed by atoms with van der Waals surface area (Å²) < 4.78 is 10.3. The van der Waals surface area contributed by atoms with Gasteiger partial charge in [0, 0.05) is 5.70 Å². The molecule has 0 amide bonds. The van der Waals surface area contributed by atoms with Crippen molar-refractivity contribution in [3.05, 3.63) is 16.9 Å². The van der Waals surface area contributed by atoms with Gasteiger partial charge in [-0.3, -0.25) is 9.79 Å². The van der Waals surface area contributed by atoms with E-state index in [0.717, 1.165) is 39.9 Å². The van der Waals surface area contributed by atoms with Gasteiger partial charge in [-0.2, -0.15) is 4.98 Å². The quantitative estimate of drug-likeness (QED) is 0.562. The van der Waals surface area contributed by atoms with Crippen LogP contribution in [0, 0.1) is 5.41 Å². The highest BCUT2D eigenvalue weighted by molar-refractivity contribution is 8.93. The van der Waals surface area contributed by atoms with Crippen molar-refractivity contribution in [1.29, 1.82) is 0 Å². The Balaban J connectivity index is 0.00000243. The van der Waals surface area contributed by atoms with Crippen molar-refractivity contribution in [3.8, 4) is 5.88 Å². The molecule has 1 aliphatic heterocycles. The van der Waals surface area contributed by atoms with Crippen LogP contribution in [0.3, 0.4) is 0 Å². The predicted octanol–water partition coefficient (Wildman–Crippen LogP) is 3.62. The van der Waals surface area contributed by atoms with Crippen LogP contribution in [0.1, 0.15) is 33.6 Å². The molecule has 0 fully saturated rings. The number of nitrogens with one attached hydrogen (secondary N) is 1. The van der Waals surface area contributed by atoms with Crippen LogP contribution in [-0.2, 0) is 9.53 Å². The number of allylic oxidation sites excluding steroid dienone is 2. The first-order valence-electron chi connectivity index (χ1n) is 8.20. The van der Waals surface area contributed by atoms with Crippen LogP contribution in [0.15, 0.2) is 26.9 Å². The smallest absolute Gasteiger partial charge is 0.327 e. The molecule has 2 heterocycles. The first-order chi connectivity index (χ1) is 11.9. The first kappa shape index (κ1) is 20.7. The van der Waals surface area contributed by atoms with Crippen LogP contribution in [-0.4, -0.2) is 41.9 Å². The van der Waals surface area contributed by atoms with Crippen LogP contribution in [0.4, 0.5) is 5.69 Å². The highest BCUT2D eigenvalue weighted by Crippen LogP contribution is 2.49. The van der Waals surface area contributed by atoms with Crippen LogP contribution in [0.5, 0.6) is 5.88 Å². The standard InChI is InChI=1S/C17H22N4O3S.BrH/c1-5-24-12(22)8-18-10-6-17(2,3)7-11-14(10)25-16-13(21-11)15(23-4)19-9-20-16;/h9,21H,5-8H2,1-4H3;1H. The van der Waals surface area contributed by atoms with Crippen molar-refractivity contribution in [3.63, 3.8) is 0 Å². The van der Waals surface area contributed by atoms with Crippen molar-refractivity contribution in [1.82, 2.24) is 9.97 Å². The lowest BCUT2D eigenvalue weighted by molar-refractivity contribution is -0.141. The molecule has 1 aliphatic carbocycles. The molecule has 26 heavy (non-hydrogen) atoms. The van der Waals surface area contributed by atoms with Gasteiger partial charge >= 0.3 is 5.97 Å². The Bertz CT molecular complexity index is 764. The molecule has 2 aliphatic rings. The summed E-state index contributed by atoms with van der Waals surface area (Å²) in [7, 11) is 1.59. The number of fused-ring (bicyclic) bond motifs is 1. The second kappa shape index (κ2) is 8.39. The average molecular weight is 443 g/mol. The number of anilines is 1. The molecule has 1 N–H and O–H groups in total. The van der Waals surface area contributed by atoms with Gasteiger partial charge in [-0.25, -0.2) is 4.98 Å². The maximum Gasteiger partial charge on any atom is 0.327 e. The molecule has 0 spiro atoms. The summed E-state index contributed by atoms with van der Waals surface area (Å²) >= 11 is 1.55. The number of carbonyl (C=O) groups excluding carboxylic acids is 1. The molecule has 7 nitrogen and oxygen atoms in total. The van der Waals surface area contributed by atoms with Crippen molar-refractivity contribution in [2.75, 3.05) is 25.6 Å². The number of aliphatic imine (C=N–C) groups is 1. The Hall–Kier alpha value is -1.61. The molecule has 3 rings (SSSR count). The van der Waals surface area contributed by atoms with Crippen LogP contribution >= 0.6 is 28.7 Å². The van der Waals surface area contributed by atoms with Crippen LogP contribution < -0.4 is 10.1 Å². The minimum Gasteiger partial charge on any atom is -0.479 e. The zero-order valence-electron chi connectivity index (χ0n) is 15.3. The lowest BCUT2D eigenvalue weighted by atomic mass is 9.78. The zero-order valence-corrected chi connectivity index (χ0v) is 17.8. The van der Waals surface area contributed by atoms with E-state index in [1.807, 2.05) is 0 Å². The molecule has 0 saturated carbocycles. The number of methoxy groups -OCH3 is 1. The topological polar surface area (TPSA) is 85.7 Å². The molecular weight excluding hydrogens is 420 g/mol. The molecule has 0 saturated heterocycles. The van der Waals surface area contributed by atoms with Gasteiger partial charge in [-0.05, 0) is 25.2 Å². The summed E-state index contributed by atoms with van der Waals surface area (Å²) in [5.41, 5.74) is 2.82. The van der Waals surface area contributed by atoms with Gasteiger partial charge in [0.2, 0.25) is 5.88 Å². The fraction of sp³-hybridized carbons (Fsp3) is 0.529. The number of nitrogens with zero attached hydrogens (tertiary/aromatic N) is 3. The van der Waals surface area contributed by atoms with Crippen molar-refractivity contribution < 1.29 is 14.3 Å².